The van der Waals surface area contributed by atoms with Crippen molar-refractivity contribution in [1.82, 2.24) is 15.5 Å². The molecule has 0 spiro atoms. The number of benzene rings is 1. The van der Waals surface area contributed by atoms with E-state index < -0.39 is 0 Å². The van der Waals surface area contributed by atoms with Gasteiger partial charge in [-0.05, 0) is 51.3 Å². The van der Waals surface area contributed by atoms with Gasteiger partial charge in [0.25, 0.3) is 5.91 Å². The van der Waals surface area contributed by atoms with Gasteiger partial charge >= 0.3 is 6.03 Å². The number of amides is 3. The highest BCUT2D eigenvalue weighted by Gasteiger charge is 2.31. The van der Waals surface area contributed by atoms with Crippen molar-refractivity contribution in [3.05, 3.63) is 29.8 Å². The predicted octanol–water partition coefficient (Wildman–Crippen LogP) is 2.18. The fraction of sp³-hybridized carbons (Fsp3) is 0.556. The van der Waals surface area contributed by atoms with Crippen LogP contribution in [0, 0.1) is 0 Å². The minimum absolute atomic E-state index is 0.0391. The first-order valence-electron chi connectivity index (χ1n) is 8.74. The number of nitrogens with one attached hydrogen (secondary N) is 3. The Morgan fingerprint density at radius 1 is 1.21 bits per heavy atom. The molecule has 2 unspecified atom stereocenters. The summed E-state index contributed by atoms with van der Waals surface area (Å²) in [6.07, 6.45) is 3.37. The summed E-state index contributed by atoms with van der Waals surface area (Å²) in [5.74, 6) is 0.0391. The molecule has 1 aromatic carbocycles. The van der Waals surface area contributed by atoms with Gasteiger partial charge in [0.05, 0.1) is 0 Å². The van der Waals surface area contributed by atoms with Crippen LogP contribution >= 0.6 is 0 Å². The summed E-state index contributed by atoms with van der Waals surface area (Å²) in [6, 6.07) is 7.94. The highest BCUT2D eigenvalue weighted by atomic mass is 16.2. The zero-order valence-corrected chi connectivity index (χ0v) is 14.3. The first-order chi connectivity index (χ1) is 11.5. The number of fused-ring (bicyclic) bond motifs is 2. The molecule has 0 saturated carbocycles. The van der Waals surface area contributed by atoms with Gasteiger partial charge in [-0.25, -0.2) is 4.79 Å². The summed E-state index contributed by atoms with van der Waals surface area (Å²) in [7, 11) is 0. The number of carbonyl (C=O) groups is 2. The number of hydrogen-bond acceptors (Lipinski definition) is 3. The monoisotopic (exact) mass is 330 g/mol. The van der Waals surface area contributed by atoms with Gasteiger partial charge in [-0.1, -0.05) is 6.07 Å². The molecule has 3 N–H and O–H groups in total. The number of urea groups is 1. The van der Waals surface area contributed by atoms with Crippen LogP contribution in [0.15, 0.2) is 24.3 Å². The molecule has 1 aromatic rings. The maximum atomic E-state index is 12.8. The van der Waals surface area contributed by atoms with Crippen LogP contribution in [-0.4, -0.2) is 48.1 Å². The van der Waals surface area contributed by atoms with E-state index in [2.05, 4.69) is 16.0 Å². The average Bonchev–Trinajstić information content (AvgIpc) is 2.85. The smallest absolute Gasteiger partial charge is 0.319 e. The molecule has 24 heavy (non-hydrogen) atoms. The molecule has 2 atom stereocenters. The van der Waals surface area contributed by atoms with E-state index in [9.17, 15) is 9.59 Å². The van der Waals surface area contributed by atoms with Crippen molar-refractivity contribution in [2.45, 2.75) is 51.2 Å². The summed E-state index contributed by atoms with van der Waals surface area (Å²) in [5.41, 5.74) is 1.25. The number of likely N-dealkylation sites (tertiary alicyclic amines) is 1. The van der Waals surface area contributed by atoms with E-state index >= 15 is 0 Å². The highest BCUT2D eigenvalue weighted by Crippen LogP contribution is 2.22. The topological polar surface area (TPSA) is 73.5 Å². The van der Waals surface area contributed by atoms with Crippen molar-refractivity contribution in [2.75, 3.05) is 18.4 Å². The SMILES string of the molecule is CC(C)NC(=O)Nc1cccc(C(=O)N2CCC3CCC(C2)N3)c1. The van der Waals surface area contributed by atoms with Gasteiger partial charge in [-0.2, -0.15) is 0 Å². The van der Waals surface area contributed by atoms with E-state index in [1.807, 2.05) is 24.8 Å². The molecular weight excluding hydrogens is 304 g/mol. The molecule has 2 saturated heterocycles. The van der Waals surface area contributed by atoms with E-state index in [0.717, 1.165) is 25.9 Å². The fourth-order valence-corrected chi connectivity index (χ4v) is 3.47. The van der Waals surface area contributed by atoms with Crippen molar-refractivity contribution < 1.29 is 9.59 Å². The van der Waals surface area contributed by atoms with Crippen LogP contribution in [0.2, 0.25) is 0 Å². The molecule has 3 amide bonds. The number of nitrogens with zero attached hydrogens (tertiary/aromatic N) is 1. The van der Waals surface area contributed by atoms with E-state index in [1.165, 1.54) is 6.42 Å². The van der Waals surface area contributed by atoms with Crippen LogP contribution in [0.5, 0.6) is 0 Å². The number of carbonyl (C=O) groups excluding carboxylic acids is 2. The van der Waals surface area contributed by atoms with Crippen molar-refractivity contribution in [3.8, 4) is 0 Å². The van der Waals surface area contributed by atoms with E-state index in [4.69, 9.17) is 0 Å². The largest absolute Gasteiger partial charge is 0.337 e. The van der Waals surface area contributed by atoms with Crippen molar-refractivity contribution in [1.29, 1.82) is 0 Å². The summed E-state index contributed by atoms with van der Waals surface area (Å²) >= 11 is 0. The van der Waals surface area contributed by atoms with Gasteiger partial charge in [-0.3, -0.25) is 4.79 Å². The molecule has 2 bridgehead atoms. The van der Waals surface area contributed by atoms with Crippen LogP contribution in [0.1, 0.15) is 43.5 Å². The van der Waals surface area contributed by atoms with Crippen molar-refractivity contribution in [2.24, 2.45) is 0 Å². The Morgan fingerprint density at radius 3 is 2.79 bits per heavy atom. The van der Waals surface area contributed by atoms with Gasteiger partial charge < -0.3 is 20.9 Å². The third-order valence-corrected chi connectivity index (χ3v) is 4.60. The summed E-state index contributed by atoms with van der Waals surface area (Å²) in [6.45, 7) is 5.36. The van der Waals surface area contributed by atoms with Crippen LogP contribution in [0.25, 0.3) is 0 Å². The fourth-order valence-electron chi connectivity index (χ4n) is 3.47. The Hall–Kier alpha value is -2.08. The molecule has 2 aliphatic heterocycles. The number of hydrogen-bond donors (Lipinski definition) is 3. The third kappa shape index (κ3) is 4.06. The first-order valence-corrected chi connectivity index (χ1v) is 8.74. The number of anilines is 1. The minimum Gasteiger partial charge on any atom is -0.337 e. The van der Waals surface area contributed by atoms with Gasteiger partial charge in [0.15, 0.2) is 0 Å². The molecule has 6 heteroatoms. The molecule has 2 aliphatic rings. The predicted molar refractivity (Wildman–Crippen MR) is 94.2 cm³/mol. The quantitative estimate of drug-likeness (QED) is 0.795. The average molecular weight is 330 g/mol. The molecule has 2 heterocycles. The van der Waals surface area contributed by atoms with Gasteiger partial charge in [0.1, 0.15) is 0 Å². The molecule has 2 fully saturated rings. The second-order valence-electron chi connectivity index (χ2n) is 7.01. The van der Waals surface area contributed by atoms with Gasteiger partial charge in [-0.15, -0.1) is 0 Å². The van der Waals surface area contributed by atoms with Crippen LogP contribution in [0.3, 0.4) is 0 Å². The van der Waals surface area contributed by atoms with Gasteiger partial charge in [0, 0.05) is 42.5 Å². The highest BCUT2D eigenvalue weighted by molar-refractivity contribution is 5.97. The zero-order valence-electron chi connectivity index (χ0n) is 14.3. The Kier molecular flexibility index (Phi) is 5.04. The standard InChI is InChI=1S/C18H26N4O2/c1-12(2)19-18(24)21-15-5-3-4-13(10-15)17(23)22-9-8-14-6-7-16(11-22)20-14/h3-5,10,12,14,16,20H,6-9,11H2,1-2H3,(H2,19,21,24). The third-order valence-electron chi connectivity index (χ3n) is 4.60. The molecule has 0 radical (unpaired) electrons. The summed E-state index contributed by atoms with van der Waals surface area (Å²) in [4.78, 5) is 26.6. The van der Waals surface area contributed by atoms with Gasteiger partial charge in [0.2, 0.25) is 0 Å². The molecule has 0 aliphatic carbocycles. The lowest BCUT2D eigenvalue weighted by Gasteiger charge is -2.24. The van der Waals surface area contributed by atoms with Crippen LogP contribution in [-0.2, 0) is 0 Å². The van der Waals surface area contributed by atoms with Crippen LogP contribution < -0.4 is 16.0 Å². The summed E-state index contributed by atoms with van der Waals surface area (Å²) < 4.78 is 0. The Bertz CT molecular complexity index is 617. The molecular formula is C18H26N4O2. The Balaban J connectivity index is 1.66. The molecule has 6 nitrogen and oxygen atoms in total. The lowest BCUT2D eigenvalue weighted by Crippen LogP contribution is -2.39. The van der Waals surface area contributed by atoms with Crippen molar-refractivity contribution in [3.63, 3.8) is 0 Å². The second kappa shape index (κ2) is 7.21. The molecule has 130 valence electrons. The van der Waals surface area contributed by atoms with E-state index in [0.29, 0.717) is 23.3 Å². The minimum atomic E-state index is -0.258. The maximum Gasteiger partial charge on any atom is 0.319 e. The lowest BCUT2D eigenvalue weighted by molar-refractivity contribution is 0.0748. The van der Waals surface area contributed by atoms with E-state index in [-0.39, 0.29) is 18.0 Å². The normalized spacial score (nSPS) is 23.0. The lowest BCUT2D eigenvalue weighted by atomic mass is 10.1. The van der Waals surface area contributed by atoms with Crippen LogP contribution in [0.4, 0.5) is 10.5 Å². The maximum absolute atomic E-state index is 12.8. The first kappa shape index (κ1) is 16.8. The second-order valence-corrected chi connectivity index (χ2v) is 7.01. The Morgan fingerprint density at radius 2 is 2.00 bits per heavy atom. The molecule has 3 rings (SSSR count). The zero-order chi connectivity index (χ0) is 17.1. The van der Waals surface area contributed by atoms with Crippen molar-refractivity contribution >= 4 is 17.6 Å². The Labute approximate surface area is 143 Å². The molecule has 0 aromatic heterocycles. The van der Waals surface area contributed by atoms with E-state index in [1.54, 1.807) is 18.2 Å². The number of rotatable bonds is 3. The summed E-state index contributed by atoms with van der Waals surface area (Å²) in [5, 5.41) is 9.14.